The van der Waals surface area contributed by atoms with E-state index in [-0.39, 0.29) is 11.6 Å². The minimum Gasteiger partial charge on any atom is -0.345 e. The summed E-state index contributed by atoms with van der Waals surface area (Å²) in [7, 11) is 0. The zero-order chi connectivity index (χ0) is 11.5. The molecule has 0 bridgehead atoms. The maximum atomic E-state index is 11.8. The molecule has 0 aliphatic rings. The SMILES string of the molecule is Cc1cc(C#N)nc(NCC(F)(F)F)n1. The number of anilines is 1. The Hall–Kier alpha value is -1.84. The smallest absolute Gasteiger partial charge is 0.345 e. The summed E-state index contributed by atoms with van der Waals surface area (Å²) in [5.74, 6) is -0.191. The van der Waals surface area contributed by atoms with Crippen LogP contribution >= 0.6 is 0 Å². The summed E-state index contributed by atoms with van der Waals surface area (Å²) in [6.07, 6.45) is -4.33. The maximum absolute atomic E-state index is 11.8. The van der Waals surface area contributed by atoms with Crippen LogP contribution in [0.2, 0.25) is 0 Å². The molecular formula is C8H7F3N4. The molecule has 0 saturated carbocycles. The lowest BCUT2D eigenvalue weighted by atomic mass is 10.3. The fourth-order valence-electron chi connectivity index (χ4n) is 0.884. The fraction of sp³-hybridized carbons (Fsp3) is 0.375. The first-order valence-corrected chi connectivity index (χ1v) is 3.97. The fourth-order valence-corrected chi connectivity index (χ4v) is 0.884. The Kier molecular flexibility index (Phi) is 3.09. The molecule has 4 nitrogen and oxygen atoms in total. The third-order valence-corrected chi connectivity index (χ3v) is 1.42. The molecule has 0 saturated heterocycles. The van der Waals surface area contributed by atoms with Crippen LogP contribution in [0.25, 0.3) is 0 Å². The highest BCUT2D eigenvalue weighted by Crippen LogP contribution is 2.14. The number of aryl methyl sites for hydroxylation is 1. The van der Waals surface area contributed by atoms with Crippen LogP contribution in [-0.2, 0) is 0 Å². The van der Waals surface area contributed by atoms with Gasteiger partial charge in [0.05, 0.1) is 0 Å². The molecular weight excluding hydrogens is 209 g/mol. The highest BCUT2D eigenvalue weighted by Gasteiger charge is 2.27. The van der Waals surface area contributed by atoms with Crippen LogP contribution < -0.4 is 5.32 Å². The van der Waals surface area contributed by atoms with Crippen molar-refractivity contribution in [2.75, 3.05) is 11.9 Å². The van der Waals surface area contributed by atoms with Gasteiger partial charge in [-0.05, 0) is 13.0 Å². The quantitative estimate of drug-likeness (QED) is 0.816. The van der Waals surface area contributed by atoms with Crippen LogP contribution in [0.15, 0.2) is 6.07 Å². The number of nitrogens with zero attached hydrogens (tertiary/aromatic N) is 3. The van der Waals surface area contributed by atoms with Crippen molar-refractivity contribution in [3.05, 3.63) is 17.5 Å². The third-order valence-electron chi connectivity index (χ3n) is 1.42. The van der Waals surface area contributed by atoms with Gasteiger partial charge in [0.25, 0.3) is 0 Å². The lowest BCUT2D eigenvalue weighted by molar-refractivity contribution is -0.115. The first kappa shape index (κ1) is 11.2. The van der Waals surface area contributed by atoms with Crippen molar-refractivity contribution in [3.8, 4) is 6.07 Å². The lowest BCUT2D eigenvalue weighted by Crippen LogP contribution is -2.22. The van der Waals surface area contributed by atoms with Crippen molar-refractivity contribution < 1.29 is 13.2 Å². The summed E-state index contributed by atoms with van der Waals surface area (Å²) >= 11 is 0. The molecule has 0 spiro atoms. The number of alkyl halides is 3. The number of rotatable bonds is 2. The number of nitriles is 1. The second-order valence-corrected chi connectivity index (χ2v) is 2.80. The molecule has 0 aliphatic carbocycles. The molecule has 1 aromatic rings. The minimum absolute atomic E-state index is 0.0344. The molecule has 0 amide bonds. The number of hydrogen-bond donors (Lipinski definition) is 1. The Balaban J connectivity index is 2.78. The second kappa shape index (κ2) is 4.13. The van der Waals surface area contributed by atoms with E-state index in [0.717, 1.165) is 0 Å². The van der Waals surface area contributed by atoms with Crippen LogP contribution in [0.5, 0.6) is 0 Å². The molecule has 1 heterocycles. The largest absolute Gasteiger partial charge is 0.405 e. The van der Waals surface area contributed by atoms with Gasteiger partial charge in [-0.1, -0.05) is 0 Å². The van der Waals surface area contributed by atoms with E-state index >= 15 is 0 Å². The standard InChI is InChI=1S/C8H7F3N4/c1-5-2-6(3-12)15-7(14-5)13-4-8(9,10)11/h2H,4H2,1H3,(H,13,14,15). The number of halogens is 3. The van der Waals surface area contributed by atoms with Crippen LogP contribution in [0.1, 0.15) is 11.4 Å². The zero-order valence-electron chi connectivity index (χ0n) is 7.76. The van der Waals surface area contributed by atoms with E-state index in [1.54, 1.807) is 13.0 Å². The molecule has 7 heteroatoms. The van der Waals surface area contributed by atoms with Gasteiger partial charge in [0.1, 0.15) is 18.3 Å². The molecule has 1 N–H and O–H groups in total. The van der Waals surface area contributed by atoms with Crippen molar-refractivity contribution in [2.45, 2.75) is 13.1 Å². The van der Waals surface area contributed by atoms with Gasteiger partial charge in [0.15, 0.2) is 0 Å². The van der Waals surface area contributed by atoms with Crippen molar-refractivity contribution >= 4 is 5.95 Å². The van der Waals surface area contributed by atoms with Crippen LogP contribution in [-0.4, -0.2) is 22.7 Å². The maximum Gasteiger partial charge on any atom is 0.405 e. The Morgan fingerprint density at radius 1 is 1.47 bits per heavy atom. The average Bonchev–Trinajstić information content (AvgIpc) is 2.13. The van der Waals surface area contributed by atoms with Crippen molar-refractivity contribution in [1.82, 2.24) is 9.97 Å². The molecule has 0 radical (unpaired) electrons. The normalized spacial score (nSPS) is 10.9. The van der Waals surface area contributed by atoms with E-state index < -0.39 is 12.7 Å². The van der Waals surface area contributed by atoms with Gasteiger partial charge in [-0.25, -0.2) is 9.97 Å². The lowest BCUT2D eigenvalue weighted by Gasteiger charge is -2.08. The van der Waals surface area contributed by atoms with Crippen LogP contribution in [0.3, 0.4) is 0 Å². The molecule has 0 fully saturated rings. The van der Waals surface area contributed by atoms with Gasteiger partial charge in [-0.3, -0.25) is 0 Å². The third kappa shape index (κ3) is 3.81. The van der Waals surface area contributed by atoms with Crippen molar-refractivity contribution in [3.63, 3.8) is 0 Å². The van der Waals surface area contributed by atoms with Gasteiger partial charge in [0.2, 0.25) is 5.95 Å². The minimum atomic E-state index is -4.33. The van der Waals surface area contributed by atoms with Crippen LogP contribution in [0, 0.1) is 18.3 Å². The molecule has 15 heavy (non-hydrogen) atoms. The van der Waals surface area contributed by atoms with Crippen molar-refractivity contribution in [2.24, 2.45) is 0 Å². The Morgan fingerprint density at radius 3 is 2.67 bits per heavy atom. The molecule has 0 atom stereocenters. The van der Waals surface area contributed by atoms with Gasteiger partial charge in [0, 0.05) is 5.69 Å². The van der Waals surface area contributed by atoms with Gasteiger partial charge < -0.3 is 5.32 Å². The van der Waals surface area contributed by atoms with Crippen LogP contribution in [0.4, 0.5) is 19.1 Å². The van der Waals surface area contributed by atoms with Gasteiger partial charge in [-0.15, -0.1) is 0 Å². The molecule has 1 rings (SSSR count). The van der Waals surface area contributed by atoms with E-state index in [2.05, 4.69) is 9.97 Å². The van der Waals surface area contributed by atoms with E-state index in [0.29, 0.717) is 5.69 Å². The second-order valence-electron chi connectivity index (χ2n) is 2.80. The van der Waals surface area contributed by atoms with E-state index in [1.165, 1.54) is 6.07 Å². The van der Waals surface area contributed by atoms with E-state index in [9.17, 15) is 13.2 Å². The monoisotopic (exact) mass is 216 g/mol. The summed E-state index contributed by atoms with van der Waals surface area (Å²) in [5.41, 5.74) is 0.471. The summed E-state index contributed by atoms with van der Waals surface area (Å²) in [4.78, 5) is 7.28. The summed E-state index contributed by atoms with van der Waals surface area (Å²) in [5, 5.41) is 10.5. The Morgan fingerprint density at radius 2 is 2.13 bits per heavy atom. The van der Waals surface area contributed by atoms with E-state index in [1.807, 2.05) is 5.32 Å². The zero-order valence-corrected chi connectivity index (χ0v) is 7.76. The number of nitrogens with one attached hydrogen (secondary N) is 1. The van der Waals surface area contributed by atoms with Crippen molar-refractivity contribution in [1.29, 1.82) is 5.26 Å². The van der Waals surface area contributed by atoms with Gasteiger partial charge in [-0.2, -0.15) is 18.4 Å². The molecule has 0 unspecified atom stereocenters. The van der Waals surface area contributed by atoms with E-state index in [4.69, 9.17) is 5.26 Å². The molecule has 1 aromatic heterocycles. The number of aromatic nitrogens is 2. The van der Waals surface area contributed by atoms with Gasteiger partial charge >= 0.3 is 6.18 Å². The predicted molar refractivity (Wildman–Crippen MR) is 46.0 cm³/mol. The average molecular weight is 216 g/mol. The molecule has 80 valence electrons. The number of hydrogen-bond acceptors (Lipinski definition) is 4. The highest BCUT2D eigenvalue weighted by atomic mass is 19.4. The topological polar surface area (TPSA) is 61.6 Å². The summed E-state index contributed by atoms with van der Waals surface area (Å²) in [6, 6.07) is 3.12. The Labute approximate surface area is 83.8 Å². The summed E-state index contributed by atoms with van der Waals surface area (Å²) in [6.45, 7) is 0.350. The molecule has 0 aromatic carbocycles. The predicted octanol–water partition coefficient (Wildman–Crippen LogP) is 1.63. The first-order chi connectivity index (χ1) is 6.90. The summed E-state index contributed by atoms with van der Waals surface area (Å²) < 4.78 is 35.5. The molecule has 0 aliphatic heterocycles. The Bertz CT molecular complexity index is 394. The first-order valence-electron chi connectivity index (χ1n) is 3.97. The highest BCUT2D eigenvalue weighted by molar-refractivity contribution is 5.32.